The van der Waals surface area contributed by atoms with E-state index in [1.54, 1.807) is 0 Å². The molecule has 0 saturated heterocycles. The number of hydrogen-bond donors (Lipinski definition) is 1. The highest BCUT2D eigenvalue weighted by Crippen LogP contribution is 2.52. The summed E-state index contributed by atoms with van der Waals surface area (Å²) >= 11 is 0. The molecule has 0 aromatic heterocycles. The van der Waals surface area contributed by atoms with E-state index in [-0.39, 0.29) is 5.04 Å². The van der Waals surface area contributed by atoms with Gasteiger partial charge in [-0.2, -0.15) is 8.42 Å². The second-order valence-corrected chi connectivity index (χ2v) is 15.2. The molecule has 0 radical (unpaired) electrons. The predicted molar refractivity (Wildman–Crippen MR) is 99.5 cm³/mol. The van der Waals surface area contributed by atoms with Crippen molar-refractivity contribution < 1.29 is 13.0 Å². The lowest BCUT2D eigenvalue weighted by molar-refractivity contribution is 0.475. The van der Waals surface area contributed by atoms with Crippen LogP contribution in [-0.2, 0) is 10.1 Å². The summed E-state index contributed by atoms with van der Waals surface area (Å²) in [4.78, 5) is -0.786. The minimum absolute atomic E-state index is 0.0645. The minimum Gasteiger partial charge on any atom is -0.285 e. The maximum Gasteiger partial charge on any atom is 0.268 e. The minimum atomic E-state index is -4.12. The van der Waals surface area contributed by atoms with Gasteiger partial charge in [0.25, 0.3) is 10.1 Å². The zero-order valence-corrected chi connectivity index (χ0v) is 17.3. The van der Waals surface area contributed by atoms with Crippen molar-refractivity contribution in [2.24, 2.45) is 11.8 Å². The molecule has 0 aliphatic heterocycles. The van der Waals surface area contributed by atoms with Gasteiger partial charge in [0.05, 0.1) is 12.9 Å². The highest BCUT2D eigenvalue weighted by atomic mass is 32.2. The highest BCUT2D eigenvalue weighted by Gasteiger charge is 2.55. The first-order valence-corrected chi connectivity index (χ1v) is 12.4. The molecule has 0 heterocycles. The van der Waals surface area contributed by atoms with Crippen LogP contribution in [0.15, 0.2) is 12.7 Å². The Morgan fingerprint density at radius 3 is 1.77 bits per heavy atom. The summed E-state index contributed by atoms with van der Waals surface area (Å²) in [6.07, 6.45) is 3.51. The van der Waals surface area contributed by atoms with E-state index in [1.807, 2.05) is 0 Å². The Kier molecular flexibility index (Phi) is 8.06. The maximum absolute atomic E-state index is 12.1. The molecule has 0 aromatic rings. The molecule has 3 nitrogen and oxygen atoms in total. The lowest BCUT2D eigenvalue weighted by atomic mass is 10.1. The third-order valence-corrected chi connectivity index (χ3v) is 15.3. The van der Waals surface area contributed by atoms with Crippen molar-refractivity contribution in [3.63, 3.8) is 0 Å². The Bertz CT molecular complexity index is 443. The monoisotopic (exact) mass is 348 g/mol. The van der Waals surface area contributed by atoms with Crippen molar-refractivity contribution in [1.82, 2.24) is 0 Å². The molecule has 0 aliphatic carbocycles. The van der Waals surface area contributed by atoms with Crippen LogP contribution in [0.4, 0.5) is 0 Å². The molecule has 0 saturated carbocycles. The van der Waals surface area contributed by atoms with E-state index in [2.05, 4.69) is 55.0 Å². The van der Waals surface area contributed by atoms with E-state index in [1.165, 1.54) is 6.08 Å². The molecular weight excluding hydrogens is 312 g/mol. The quantitative estimate of drug-likeness (QED) is 0.331. The molecule has 5 heteroatoms. The van der Waals surface area contributed by atoms with Crippen LogP contribution in [0.25, 0.3) is 0 Å². The summed E-state index contributed by atoms with van der Waals surface area (Å²) in [5, 5.41) is -0.0645. The molecule has 22 heavy (non-hydrogen) atoms. The topological polar surface area (TPSA) is 54.4 Å². The fourth-order valence-corrected chi connectivity index (χ4v) is 14.9. The summed E-state index contributed by atoms with van der Waals surface area (Å²) in [7, 11) is -6.51. The van der Waals surface area contributed by atoms with Crippen LogP contribution in [0.1, 0.15) is 61.3 Å². The normalized spacial score (nSPS) is 15.4. The second-order valence-electron chi connectivity index (χ2n) is 8.16. The fraction of sp³-hybridized carbons (Fsp3) is 0.882. The Morgan fingerprint density at radius 1 is 1.14 bits per heavy atom. The van der Waals surface area contributed by atoms with Gasteiger partial charge in [0.15, 0.2) is 0 Å². The van der Waals surface area contributed by atoms with Crippen molar-refractivity contribution in [3.8, 4) is 0 Å². The smallest absolute Gasteiger partial charge is 0.268 e. The van der Waals surface area contributed by atoms with Gasteiger partial charge in [0.1, 0.15) is 0 Å². The van der Waals surface area contributed by atoms with E-state index in [4.69, 9.17) is 0 Å². The van der Waals surface area contributed by atoms with Crippen molar-refractivity contribution in [3.05, 3.63) is 12.7 Å². The number of rotatable bonds is 10. The molecule has 132 valence electrons. The molecule has 0 amide bonds. The van der Waals surface area contributed by atoms with Gasteiger partial charge in [-0.05, 0) is 16.9 Å². The molecule has 0 aliphatic rings. The standard InChI is InChI=1S/C17H36O3SSi/c1-9-11-17(7,8)22(12-14(3)4,13-15(5)6)16(10-2)21(18,19)20/h10,14-16H,2,9,11-13H2,1,3-8H3,(H,18,19,20). The Labute approximate surface area is 139 Å². The van der Waals surface area contributed by atoms with Crippen LogP contribution >= 0.6 is 0 Å². The van der Waals surface area contributed by atoms with Crippen molar-refractivity contribution in [1.29, 1.82) is 0 Å². The Balaban J connectivity index is 6.35. The van der Waals surface area contributed by atoms with Gasteiger partial charge in [-0.25, -0.2) is 0 Å². The summed E-state index contributed by atoms with van der Waals surface area (Å²) in [6, 6.07) is 1.79. The molecular formula is C17H36O3SSi. The van der Waals surface area contributed by atoms with Crippen molar-refractivity contribution >= 4 is 18.2 Å². The average Bonchev–Trinajstić information content (AvgIpc) is 2.25. The molecule has 1 unspecified atom stereocenters. The maximum atomic E-state index is 12.1. The van der Waals surface area contributed by atoms with Gasteiger partial charge in [-0.15, -0.1) is 6.58 Å². The van der Waals surface area contributed by atoms with Crippen LogP contribution in [0.2, 0.25) is 17.1 Å². The summed E-state index contributed by atoms with van der Waals surface area (Å²) in [5.74, 6) is 0.816. The van der Waals surface area contributed by atoms with Gasteiger partial charge in [0, 0.05) is 0 Å². The zero-order valence-electron chi connectivity index (χ0n) is 15.5. The molecule has 0 aromatic carbocycles. The van der Waals surface area contributed by atoms with Gasteiger partial charge in [-0.1, -0.05) is 79.5 Å². The lowest BCUT2D eigenvalue weighted by Crippen LogP contribution is -2.59. The highest BCUT2D eigenvalue weighted by molar-refractivity contribution is 7.88. The second kappa shape index (κ2) is 8.11. The lowest BCUT2D eigenvalue weighted by Gasteiger charge is -2.50. The molecule has 1 atom stereocenters. The van der Waals surface area contributed by atoms with Gasteiger partial charge in [-0.3, -0.25) is 4.55 Å². The molecule has 0 spiro atoms. The molecule has 0 bridgehead atoms. The predicted octanol–water partition coefficient (Wildman–Crippen LogP) is 5.31. The first-order valence-electron chi connectivity index (χ1n) is 8.43. The molecule has 0 fully saturated rings. The third kappa shape index (κ3) is 5.20. The van der Waals surface area contributed by atoms with Crippen molar-refractivity contribution in [2.75, 3.05) is 0 Å². The SMILES string of the molecule is C=CC([Si](CC(C)C)(CC(C)C)C(C)(C)CCC)S(=O)(=O)O. The van der Waals surface area contributed by atoms with Gasteiger partial charge in [0.2, 0.25) is 0 Å². The Morgan fingerprint density at radius 2 is 1.55 bits per heavy atom. The largest absolute Gasteiger partial charge is 0.285 e. The van der Waals surface area contributed by atoms with E-state index in [9.17, 15) is 13.0 Å². The third-order valence-electron chi connectivity index (χ3n) is 4.85. The van der Waals surface area contributed by atoms with Crippen LogP contribution in [0, 0.1) is 11.8 Å². The van der Waals surface area contributed by atoms with Crippen LogP contribution < -0.4 is 0 Å². The first-order chi connectivity index (χ1) is 9.84. The summed E-state index contributed by atoms with van der Waals surface area (Å²) in [5.41, 5.74) is 0. The van der Waals surface area contributed by atoms with Crippen molar-refractivity contribution in [2.45, 2.75) is 83.3 Å². The van der Waals surface area contributed by atoms with Crippen LogP contribution in [0.3, 0.4) is 0 Å². The summed E-state index contributed by atoms with van der Waals surface area (Å²) in [6.45, 7) is 18.9. The number of hydrogen-bond acceptors (Lipinski definition) is 2. The average molecular weight is 349 g/mol. The fourth-order valence-electron chi connectivity index (χ4n) is 4.22. The summed E-state index contributed by atoms with van der Waals surface area (Å²) < 4.78 is 34.2. The van der Waals surface area contributed by atoms with E-state index < -0.39 is 23.1 Å². The van der Waals surface area contributed by atoms with E-state index in [0.29, 0.717) is 11.8 Å². The van der Waals surface area contributed by atoms with E-state index in [0.717, 1.165) is 24.9 Å². The first kappa shape index (κ1) is 21.9. The molecule has 1 N–H and O–H groups in total. The van der Waals surface area contributed by atoms with E-state index >= 15 is 0 Å². The van der Waals surface area contributed by atoms with Crippen LogP contribution in [-0.4, -0.2) is 25.9 Å². The Hall–Kier alpha value is -0.133. The van der Waals surface area contributed by atoms with Gasteiger partial charge >= 0.3 is 0 Å². The van der Waals surface area contributed by atoms with Gasteiger partial charge < -0.3 is 0 Å². The zero-order chi connectivity index (χ0) is 17.8. The molecule has 0 rings (SSSR count). The van der Waals surface area contributed by atoms with Crippen LogP contribution in [0.5, 0.6) is 0 Å².